The molecule has 0 spiro atoms. The molecule has 0 saturated heterocycles. The molecule has 0 bridgehead atoms. The molecule has 0 aliphatic carbocycles. The van der Waals surface area contributed by atoms with Crippen LogP contribution in [0.4, 0.5) is 0 Å². The van der Waals surface area contributed by atoms with Crippen LogP contribution < -0.4 is 0 Å². The molecule has 0 aliphatic heterocycles. The first-order chi connectivity index (χ1) is 8.02. The molecule has 1 aromatic rings. The quantitative estimate of drug-likeness (QED) is 0.819. The van der Waals surface area contributed by atoms with Crippen molar-refractivity contribution in [2.75, 3.05) is 13.1 Å². The van der Waals surface area contributed by atoms with Crippen LogP contribution in [-0.4, -0.2) is 29.1 Å². The molecule has 0 aromatic heterocycles. The zero-order valence-corrected chi connectivity index (χ0v) is 11.5. The van der Waals surface area contributed by atoms with Gasteiger partial charge in [0.1, 0.15) is 0 Å². The molecule has 0 heterocycles. The lowest BCUT2D eigenvalue weighted by Gasteiger charge is -2.18. The van der Waals surface area contributed by atoms with Crippen molar-refractivity contribution in [2.24, 2.45) is 0 Å². The minimum atomic E-state index is -0.847. The molecular weight excluding hydrogens is 305 g/mol. The van der Waals surface area contributed by atoms with Gasteiger partial charge in [-0.3, -0.25) is 9.69 Å². The monoisotopic (exact) mass is 317 g/mol. The number of carbonyl (C=O) groups is 1. The van der Waals surface area contributed by atoms with Gasteiger partial charge in [0.05, 0.1) is 11.6 Å². The molecule has 92 valence electrons. The van der Waals surface area contributed by atoms with E-state index in [-0.39, 0.29) is 6.54 Å². The number of hydrogen-bond donors (Lipinski definition) is 1. The summed E-state index contributed by atoms with van der Waals surface area (Å²) in [6.45, 7) is 4.69. The first kappa shape index (κ1) is 14.2. The van der Waals surface area contributed by atoms with Crippen LogP contribution in [-0.2, 0) is 11.3 Å². The third-order valence-corrected chi connectivity index (χ3v) is 3.35. The van der Waals surface area contributed by atoms with Gasteiger partial charge in [-0.05, 0) is 33.6 Å². The summed E-state index contributed by atoms with van der Waals surface area (Å²) in [6, 6.07) is 5.55. The Bertz CT molecular complexity index is 423. The van der Waals surface area contributed by atoms with Gasteiger partial charge in [0, 0.05) is 17.6 Å². The molecule has 0 amide bonds. The van der Waals surface area contributed by atoms with Gasteiger partial charge >= 0.3 is 5.97 Å². The molecular formula is C12H13BrClNO2. The van der Waals surface area contributed by atoms with Crippen LogP contribution >= 0.6 is 27.5 Å². The van der Waals surface area contributed by atoms with Crippen LogP contribution in [0.15, 0.2) is 35.3 Å². The fourth-order valence-corrected chi connectivity index (χ4v) is 2.00. The fraction of sp³-hybridized carbons (Fsp3) is 0.250. The summed E-state index contributed by atoms with van der Waals surface area (Å²) >= 11 is 9.23. The maximum atomic E-state index is 10.7. The number of hydrogen-bond acceptors (Lipinski definition) is 2. The average molecular weight is 319 g/mol. The van der Waals surface area contributed by atoms with Crippen molar-refractivity contribution in [2.45, 2.75) is 6.54 Å². The first-order valence-corrected chi connectivity index (χ1v) is 6.19. The average Bonchev–Trinajstić information content (AvgIpc) is 2.23. The summed E-state index contributed by atoms with van der Waals surface area (Å²) < 4.78 is 0.811. The maximum Gasteiger partial charge on any atom is 0.317 e. The van der Waals surface area contributed by atoms with Gasteiger partial charge in [-0.1, -0.05) is 23.7 Å². The second-order valence-electron chi connectivity index (χ2n) is 3.60. The molecule has 0 saturated carbocycles. The number of halogens is 2. The molecule has 1 aromatic carbocycles. The van der Waals surface area contributed by atoms with Crippen LogP contribution in [0.2, 0.25) is 5.02 Å². The van der Waals surface area contributed by atoms with Gasteiger partial charge in [-0.2, -0.15) is 0 Å². The predicted octanol–water partition coefficient (Wildman–Crippen LogP) is 3.18. The van der Waals surface area contributed by atoms with E-state index in [1.165, 1.54) is 0 Å². The third kappa shape index (κ3) is 4.89. The van der Waals surface area contributed by atoms with Crippen molar-refractivity contribution in [3.8, 4) is 0 Å². The molecule has 0 aliphatic rings. The van der Waals surface area contributed by atoms with Gasteiger partial charge in [0.25, 0.3) is 0 Å². The highest BCUT2D eigenvalue weighted by Gasteiger charge is 2.09. The molecule has 5 heteroatoms. The van der Waals surface area contributed by atoms with E-state index in [1.807, 2.05) is 12.1 Å². The molecule has 1 N–H and O–H groups in total. The largest absolute Gasteiger partial charge is 0.480 e. The maximum absolute atomic E-state index is 10.7. The van der Waals surface area contributed by atoms with E-state index in [4.69, 9.17) is 16.7 Å². The Labute approximate surface area is 114 Å². The van der Waals surface area contributed by atoms with Crippen molar-refractivity contribution in [3.05, 3.63) is 45.9 Å². The smallest absolute Gasteiger partial charge is 0.317 e. The van der Waals surface area contributed by atoms with Gasteiger partial charge in [-0.25, -0.2) is 0 Å². The number of rotatable bonds is 6. The summed E-state index contributed by atoms with van der Waals surface area (Å²) in [4.78, 5) is 12.5. The molecule has 0 unspecified atom stereocenters. The van der Waals surface area contributed by atoms with Gasteiger partial charge in [-0.15, -0.1) is 6.58 Å². The lowest BCUT2D eigenvalue weighted by Crippen LogP contribution is -2.29. The summed E-state index contributed by atoms with van der Waals surface area (Å²) in [7, 11) is 0. The lowest BCUT2D eigenvalue weighted by atomic mass is 10.2. The van der Waals surface area contributed by atoms with Crippen molar-refractivity contribution in [3.63, 3.8) is 0 Å². The van der Waals surface area contributed by atoms with Crippen LogP contribution in [0.25, 0.3) is 0 Å². The van der Waals surface area contributed by atoms with Crippen molar-refractivity contribution in [1.82, 2.24) is 4.90 Å². The number of carboxylic acid groups (broad SMARTS) is 1. The highest BCUT2D eigenvalue weighted by atomic mass is 79.9. The van der Waals surface area contributed by atoms with E-state index < -0.39 is 5.97 Å². The van der Waals surface area contributed by atoms with E-state index >= 15 is 0 Å². The van der Waals surface area contributed by atoms with E-state index in [0.29, 0.717) is 18.1 Å². The Hall–Kier alpha value is -0.840. The van der Waals surface area contributed by atoms with E-state index in [9.17, 15) is 4.79 Å². The zero-order valence-electron chi connectivity index (χ0n) is 9.20. The number of nitrogens with zero attached hydrogens (tertiary/aromatic N) is 1. The van der Waals surface area contributed by atoms with Crippen LogP contribution in [0.1, 0.15) is 5.56 Å². The van der Waals surface area contributed by atoms with Crippen molar-refractivity contribution < 1.29 is 9.90 Å². The number of carboxylic acids is 1. The summed E-state index contributed by atoms with van der Waals surface area (Å²) in [6.07, 6.45) is 1.69. The second-order valence-corrected chi connectivity index (χ2v) is 4.86. The Morgan fingerprint density at radius 2 is 2.29 bits per heavy atom. The SMILES string of the molecule is C=CCN(CC(=O)O)Cc1ccc(Cl)c(Br)c1. The Morgan fingerprint density at radius 3 is 2.82 bits per heavy atom. The minimum absolute atomic E-state index is 0.00767. The number of benzene rings is 1. The standard InChI is InChI=1S/C12H13BrClNO2/c1-2-5-15(8-12(16)17)7-9-3-4-11(14)10(13)6-9/h2-4,6H,1,5,7-8H2,(H,16,17). The highest BCUT2D eigenvalue weighted by molar-refractivity contribution is 9.10. The predicted molar refractivity (Wildman–Crippen MR) is 72.3 cm³/mol. The van der Waals surface area contributed by atoms with E-state index in [2.05, 4.69) is 22.5 Å². The highest BCUT2D eigenvalue weighted by Crippen LogP contribution is 2.23. The van der Waals surface area contributed by atoms with Gasteiger partial charge in [0.2, 0.25) is 0 Å². The Balaban J connectivity index is 2.74. The fourth-order valence-electron chi connectivity index (χ4n) is 1.46. The molecule has 17 heavy (non-hydrogen) atoms. The Kier molecular flexibility index (Phi) is 5.68. The van der Waals surface area contributed by atoms with Crippen molar-refractivity contribution in [1.29, 1.82) is 0 Å². The first-order valence-electron chi connectivity index (χ1n) is 5.02. The summed E-state index contributed by atoms with van der Waals surface area (Å²) in [5.74, 6) is -0.847. The Morgan fingerprint density at radius 1 is 1.59 bits per heavy atom. The van der Waals surface area contributed by atoms with Crippen molar-refractivity contribution >= 4 is 33.5 Å². The topological polar surface area (TPSA) is 40.5 Å². The van der Waals surface area contributed by atoms with Gasteiger partial charge < -0.3 is 5.11 Å². The normalized spacial score (nSPS) is 10.5. The van der Waals surface area contributed by atoms with Crippen LogP contribution in [0, 0.1) is 0 Å². The molecule has 1 rings (SSSR count). The van der Waals surface area contributed by atoms with E-state index in [1.54, 1.807) is 17.0 Å². The molecule has 0 fully saturated rings. The van der Waals surface area contributed by atoms with Crippen LogP contribution in [0.3, 0.4) is 0 Å². The third-order valence-electron chi connectivity index (χ3n) is 2.14. The molecule has 3 nitrogen and oxygen atoms in total. The molecule has 0 atom stereocenters. The minimum Gasteiger partial charge on any atom is -0.480 e. The molecule has 0 radical (unpaired) electrons. The summed E-state index contributed by atoms with van der Waals surface area (Å²) in [5, 5.41) is 9.42. The zero-order chi connectivity index (χ0) is 12.8. The van der Waals surface area contributed by atoms with Gasteiger partial charge in [0.15, 0.2) is 0 Å². The van der Waals surface area contributed by atoms with Crippen LogP contribution in [0.5, 0.6) is 0 Å². The summed E-state index contributed by atoms with van der Waals surface area (Å²) in [5.41, 5.74) is 1.00. The number of aliphatic carboxylic acids is 1. The second kappa shape index (κ2) is 6.79. The lowest BCUT2D eigenvalue weighted by molar-refractivity contribution is -0.138. The van der Waals surface area contributed by atoms with E-state index in [0.717, 1.165) is 10.0 Å².